The number of benzene rings is 1. The summed E-state index contributed by atoms with van der Waals surface area (Å²) in [5.41, 5.74) is 0.0289. The zero-order valence-electron chi connectivity index (χ0n) is 10.9. The van der Waals surface area contributed by atoms with Gasteiger partial charge in [-0.25, -0.2) is 8.78 Å². The molecule has 1 aromatic rings. The summed E-state index contributed by atoms with van der Waals surface area (Å²) >= 11 is 5.86. The fourth-order valence-corrected chi connectivity index (χ4v) is 2.88. The van der Waals surface area contributed by atoms with Gasteiger partial charge in [0.25, 0.3) is 5.91 Å². The zero-order chi connectivity index (χ0) is 14.2. The van der Waals surface area contributed by atoms with Crippen LogP contribution in [0, 0.1) is 11.6 Å². The van der Waals surface area contributed by atoms with Crippen molar-refractivity contribution in [2.75, 3.05) is 0 Å². The third-order valence-electron chi connectivity index (χ3n) is 3.67. The van der Waals surface area contributed by atoms with Crippen LogP contribution < -0.4 is 0 Å². The van der Waals surface area contributed by atoms with Gasteiger partial charge in [-0.15, -0.1) is 0 Å². The van der Waals surface area contributed by atoms with Gasteiger partial charge in [-0.1, -0.05) is 11.6 Å². The Balaban J connectivity index is 2.35. The van der Waals surface area contributed by atoms with E-state index in [2.05, 4.69) is 0 Å². The van der Waals surface area contributed by atoms with Crippen LogP contribution in [0.25, 0.3) is 0 Å². The highest BCUT2D eigenvalue weighted by Gasteiger charge is 2.31. The van der Waals surface area contributed by atoms with Crippen molar-refractivity contribution in [2.45, 2.75) is 45.2 Å². The Morgan fingerprint density at radius 2 is 1.74 bits per heavy atom. The van der Waals surface area contributed by atoms with E-state index < -0.39 is 11.6 Å². The third kappa shape index (κ3) is 2.73. The molecule has 0 aromatic heterocycles. The Morgan fingerprint density at radius 1 is 1.21 bits per heavy atom. The summed E-state index contributed by atoms with van der Waals surface area (Å²) in [5.74, 6) is -2.42. The summed E-state index contributed by atoms with van der Waals surface area (Å²) in [6.07, 6.45) is 2.90. The number of carbonyl (C=O) groups excluding carboxylic acids is 1. The Kier molecular flexibility index (Phi) is 4.09. The molecule has 104 valence electrons. The van der Waals surface area contributed by atoms with Gasteiger partial charge >= 0.3 is 0 Å². The summed E-state index contributed by atoms with van der Waals surface area (Å²) < 4.78 is 26.3. The third-order valence-corrected chi connectivity index (χ3v) is 3.98. The average Bonchev–Trinajstić information content (AvgIpc) is 2.33. The maximum Gasteiger partial charge on any atom is 0.255 e. The van der Waals surface area contributed by atoms with Crippen LogP contribution in [0.2, 0.25) is 5.02 Å². The van der Waals surface area contributed by atoms with Crippen molar-refractivity contribution >= 4 is 17.5 Å². The van der Waals surface area contributed by atoms with E-state index in [1.807, 2.05) is 13.8 Å². The lowest BCUT2D eigenvalue weighted by Gasteiger charge is -2.39. The molecule has 1 saturated heterocycles. The molecule has 0 spiro atoms. The van der Waals surface area contributed by atoms with E-state index in [1.54, 1.807) is 4.90 Å². The largest absolute Gasteiger partial charge is 0.333 e. The van der Waals surface area contributed by atoms with Gasteiger partial charge in [0.1, 0.15) is 0 Å². The molecule has 0 aliphatic carbocycles. The smallest absolute Gasteiger partial charge is 0.255 e. The van der Waals surface area contributed by atoms with Gasteiger partial charge in [0, 0.05) is 12.1 Å². The van der Waals surface area contributed by atoms with Gasteiger partial charge in [-0.05, 0) is 45.2 Å². The zero-order valence-corrected chi connectivity index (χ0v) is 11.7. The number of rotatable bonds is 1. The average molecular weight is 288 g/mol. The van der Waals surface area contributed by atoms with Crippen molar-refractivity contribution in [2.24, 2.45) is 0 Å². The predicted octanol–water partition coefficient (Wildman–Crippen LogP) is 4.02. The molecule has 1 aromatic carbocycles. The van der Waals surface area contributed by atoms with E-state index in [9.17, 15) is 13.6 Å². The molecule has 0 saturated carbocycles. The van der Waals surface area contributed by atoms with Crippen LogP contribution in [0.1, 0.15) is 43.5 Å². The van der Waals surface area contributed by atoms with Crippen LogP contribution in [0.3, 0.4) is 0 Å². The SMILES string of the molecule is C[C@@H]1CCC[C@@H](C)N1C(=O)c1cc(F)c(F)cc1Cl. The van der Waals surface area contributed by atoms with Crippen LogP contribution >= 0.6 is 11.6 Å². The number of amides is 1. The van der Waals surface area contributed by atoms with E-state index in [1.165, 1.54) is 0 Å². The molecule has 2 atom stereocenters. The maximum atomic E-state index is 13.3. The van der Waals surface area contributed by atoms with Crippen LogP contribution in [-0.2, 0) is 0 Å². The quantitative estimate of drug-likeness (QED) is 0.714. The van der Waals surface area contributed by atoms with Crippen LogP contribution in [0.5, 0.6) is 0 Å². The van der Waals surface area contributed by atoms with Gasteiger partial charge in [0.2, 0.25) is 0 Å². The van der Waals surface area contributed by atoms with Gasteiger partial charge in [0.15, 0.2) is 11.6 Å². The normalized spacial score (nSPS) is 23.5. The van der Waals surface area contributed by atoms with E-state index in [0.717, 1.165) is 31.4 Å². The number of halogens is 3. The minimum Gasteiger partial charge on any atom is -0.333 e. The highest BCUT2D eigenvalue weighted by atomic mass is 35.5. The van der Waals surface area contributed by atoms with Gasteiger partial charge in [0.05, 0.1) is 10.6 Å². The molecule has 1 amide bonds. The number of hydrogen-bond donors (Lipinski definition) is 0. The number of likely N-dealkylation sites (tertiary alicyclic amines) is 1. The van der Waals surface area contributed by atoms with E-state index >= 15 is 0 Å². The van der Waals surface area contributed by atoms with E-state index in [-0.39, 0.29) is 28.6 Å². The summed E-state index contributed by atoms with van der Waals surface area (Å²) in [6, 6.07) is 1.90. The Morgan fingerprint density at radius 3 is 2.32 bits per heavy atom. The van der Waals surface area contributed by atoms with E-state index in [0.29, 0.717) is 0 Å². The molecule has 5 heteroatoms. The topological polar surface area (TPSA) is 20.3 Å². The number of nitrogens with zero attached hydrogens (tertiary/aromatic N) is 1. The summed E-state index contributed by atoms with van der Waals surface area (Å²) in [6.45, 7) is 3.92. The molecule has 2 rings (SSSR count). The first-order chi connectivity index (χ1) is 8.91. The van der Waals surface area contributed by atoms with Crippen molar-refractivity contribution < 1.29 is 13.6 Å². The molecule has 1 heterocycles. The minimum absolute atomic E-state index is 0.0289. The lowest BCUT2D eigenvalue weighted by molar-refractivity contribution is 0.0510. The number of hydrogen-bond acceptors (Lipinski definition) is 1. The first kappa shape index (κ1) is 14.3. The first-order valence-electron chi connectivity index (χ1n) is 6.39. The molecule has 0 radical (unpaired) electrons. The molecular formula is C14H16ClF2NO. The molecule has 1 aliphatic rings. The lowest BCUT2D eigenvalue weighted by atomic mass is 9.96. The van der Waals surface area contributed by atoms with Crippen molar-refractivity contribution in [3.8, 4) is 0 Å². The van der Waals surface area contributed by atoms with Crippen molar-refractivity contribution in [3.05, 3.63) is 34.4 Å². The first-order valence-corrected chi connectivity index (χ1v) is 6.76. The second-order valence-corrected chi connectivity index (χ2v) is 5.49. The second-order valence-electron chi connectivity index (χ2n) is 5.09. The summed E-state index contributed by atoms with van der Waals surface area (Å²) in [5, 5.41) is -0.0473. The van der Waals surface area contributed by atoms with Crippen molar-refractivity contribution in [3.63, 3.8) is 0 Å². The minimum atomic E-state index is -1.05. The summed E-state index contributed by atoms with van der Waals surface area (Å²) in [7, 11) is 0. The summed E-state index contributed by atoms with van der Waals surface area (Å²) in [4.78, 5) is 14.2. The van der Waals surface area contributed by atoms with Crippen LogP contribution in [0.15, 0.2) is 12.1 Å². The van der Waals surface area contributed by atoms with Gasteiger partial charge < -0.3 is 4.90 Å². The molecule has 1 aliphatic heterocycles. The standard InChI is InChI=1S/C14H16ClF2NO/c1-8-4-3-5-9(2)18(8)14(19)10-6-12(16)13(17)7-11(10)15/h6-9H,3-5H2,1-2H3/t8-,9-/m1/s1. The monoisotopic (exact) mass is 287 g/mol. The fraction of sp³-hybridized carbons (Fsp3) is 0.500. The van der Waals surface area contributed by atoms with Gasteiger partial charge in [-0.2, -0.15) is 0 Å². The molecule has 0 bridgehead atoms. The molecule has 19 heavy (non-hydrogen) atoms. The number of piperidine rings is 1. The Labute approximate surface area is 116 Å². The highest BCUT2D eigenvalue weighted by Crippen LogP contribution is 2.28. The Bertz CT molecular complexity index is 496. The van der Waals surface area contributed by atoms with Gasteiger partial charge in [-0.3, -0.25) is 4.79 Å². The molecule has 1 fully saturated rings. The molecule has 0 unspecified atom stereocenters. The maximum absolute atomic E-state index is 13.3. The van der Waals surface area contributed by atoms with E-state index in [4.69, 9.17) is 11.6 Å². The second kappa shape index (κ2) is 5.45. The number of carbonyl (C=O) groups is 1. The lowest BCUT2D eigenvalue weighted by Crippen LogP contribution is -2.47. The van der Waals surface area contributed by atoms with Crippen molar-refractivity contribution in [1.82, 2.24) is 4.90 Å². The fourth-order valence-electron chi connectivity index (χ4n) is 2.65. The highest BCUT2D eigenvalue weighted by molar-refractivity contribution is 6.33. The molecule has 2 nitrogen and oxygen atoms in total. The van der Waals surface area contributed by atoms with Crippen LogP contribution in [0.4, 0.5) is 8.78 Å². The van der Waals surface area contributed by atoms with Crippen LogP contribution in [-0.4, -0.2) is 22.9 Å². The van der Waals surface area contributed by atoms with Crippen molar-refractivity contribution in [1.29, 1.82) is 0 Å². The Hall–Kier alpha value is -1.16. The molecule has 0 N–H and O–H groups in total. The predicted molar refractivity (Wildman–Crippen MR) is 70.3 cm³/mol. The molecular weight excluding hydrogens is 272 g/mol.